The average molecular weight is 897 g/mol. The molecule has 63 heavy (non-hydrogen) atoms. The number of aldehydes is 1. The fourth-order valence-electron chi connectivity index (χ4n) is 11.5. The zero-order valence-corrected chi connectivity index (χ0v) is 40.1. The maximum atomic E-state index is 15.2. The van der Waals surface area contributed by atoms with E-state index in [-0.39, 0.29) is 65.4 Å². The maximum Gasteiger partial charge on any atom is 0.407 e. The number of fused-ring (bicyclic) bond motifs is 4. The molecule has 2 saturated heterocycles. The monoisotopic (exact) mass is 896 g/mol. The zero-order chi connectivity index (χ0) is 46.9. The number of ketones is 1. The van der Waals surface area contributed by atoms with E-state index in [0.717, 1.165) is 19.1 Å². The van der Waals surface area contributed by atoms with Crippen molar-refractivity contribution in [2.75, 3.05) is 7.11 Å². The Morgan fingerprint density at radius 3 is 2.35 bits per heavy atom. The van der Waals surface area contributed by atoms with Crippen molar-refractivity contribution < 1.29 is 57.7 Å². The number of carbonyl (C=O) groups is 4. The predicted molar refractivity (Wildman–Crippen MR) is 235 cm³/mol. The number of nitrogens with one attached hydrogen (secondary N) is 1. The number of aliphatic hydroxyl groups excluding tert-OH is 2. The molecule has 2 heterocycles. The third kappa shape index (κ3) is 8.20. The van der Waals surface area contributed by atoms with Crippen molar-refractivity contribution >= 4 is 32.4 Å². The van der Waals surface area contributed by atoms with Crippen molar-refractivity contribution in [2.45, 2.75) is 161 Å². The normalized spacial score (nSPS) is 43.7. The fourth-order valence-corrected chi connectivity index (χ4v) is 12.9. The molecule has 1 spiro atoms. The standard InChI is InChI=1S/C47H68N2O13Si/c1-24-14-17-34(60-35-22-45(9,49(56)57)39(28(5)59-35)48-43(55)58-11)25(2)19-32-33(51)20-29(23-50)21-47(32)41(53)36(42(54)61-47)40(52)46(10)31(24)16-15-30-37(46)26(3)18-27(4)38(30)62-63(12,13)44(6,7)8/h14-16,19-20,23,26-28,30-35,37-39,51-52H,17-18,21-22H2,1-13H3,(H,48,55)/b24-14+,25-19+,40-36-/t26?,27-,28+,30-,31-,32+,33-,34-,35-,37+,38-,39-,45-,46+,47-/m0/s1. The van der Waals surface area contributed by atoms with Crippen LogP contribution in [-0.4, -0.2) is 103 Å². The van der Waals surface area contributed by atoms with Gasteiger partial charge in [0.15, 0.2) is 20.2 Å². The molecule has 0 aromatic rings. The quantitative estimate of drug-likeness (QED) is 0.0439. The van der Waals surface area contributed by atoms with Crippen LogP contribution in [-0.2, 0) is 37.8 Å². The van der Waals surface area contributed by atoms with Crippen LogP contribution in [0.5, 0.6) is 0 Å². The number of amides is 1. The van der Waals surface area contributed by atoms with Gasteiger partial charge in [0.1, 0.15) is 23.7 Å². The van der Waals surface area contributed by atoms with Gasteiger partial charge in [0.2, 0.25) is 11.3 Å². The number of allylic oxidation sites excluding steroid dienone is 3. The van der Waals surface area contributed by atoms with E-state index in [1.807, 2.05) is 19.9 Å². The third-order valence-corrected chi connectivity index (χ3v) is 20.4. The van der Waals surface area contributed by atoms with Crippen molar-refractivity contribution in [3.8, 4) is 0 Å². The molecular formula is C47H68N2O13Si. The summed E-state index contributed by atoms with van der Waals surface area (Å²) in [5.74, 6) is -4.34. The van der Waals surface area contributed by atoms with E-state index in [9.17, 15) is 34.7 Å². The lowest BCUT2D eigenvalue weighted by atomic mass is 9.49. The number of carbonyl (C=O) groups excluding carboxylic acids is 4. The molecule has 16 heteroatoms. The van der Waals surface area contributed by atoms with Gasteiger partial charge < -0.3 is 38.9 Å². The zero-order valence-electron chi connectivity index (χ0n) is 39.1. The van der Waals surface area contributed by atoms with Crippen molar-refractivity contribution in [1.82, 2.24) is 5.32 Å². The highest BCUT2D eigenvalue weighted by Gasteiger charge is 2.65. The van der Waals surface area contributed by atoms with Crippen LogP contribution in [0.25, 0.3) is 0 Å². The van der Waals surface area contributed by atoms with E-state index in [1.54, 1.807) is 19.9 Å². The van der Waals surface area contributed by atoms with Crippen LogP contribution < -0.4 is 5.32 Å². The van der Waals surface area contributed by atoms with Crippen molar-refractivity contribution in [2.24, 2.45) is 40.9 Å². The fraction of sp³-hybridized carbons (Fsp3) is 0.702. The summed E-state index contributed by atoms with van der Waals surface area (Å²) >= 11 is 0. The molecule has 1 unspecified atom stereocenters. The first-order valence-electron chi connectivity index (χ1n) is 22.2. The summed E-state index contributed by atoms with van der Waals surface area (Å²) in [6.45, 7) is 24.0. The maximum absolute atomic E-state index is 15.2. The number of methoxy groups -OCH3 is 1. The number of esters is 1. The molecule has 1 saturated carbocycles. The number of Topliss-reactive ketones (excluding diaryl/α,β-unsaturated/α-hetero) is 1. The summed E-state index contributed by atoms with van der Waals surface area (Å²) in [5, 5.41) is 39.8. The molecule has 3 fully saturated rings. The van der Waals surface area contributed by atoms with Gasteiger partial charge in [0.05, 0.1) is 43.9 Å². The Kier molecular flexibility index (Phi) is 13.2. The Labute approximate surface area is 372 Å². The second-order valence-corrected chi connectivity index (χ2v) is 25.8. The number of hydrogen-bond donors (Lipinski definition) is 3. The molecular weight excluding hydrogens is 829 g/mol. The molecule has 4 aliphatic carbocycles. The van der Waals surface area contributed by atoms with Gasteiger partial charge in [-0.25, -0.2) is 9.59 Å². The Morgan fingerprint density at radius 2 is 1.75 bits per heavy atom. The number of aliphatic hydroxyl groups is 2. The van der Waals surface area contributed by atoms with Crippen LogP contribution >= 0.6 is 0 Å². The number of hydrogen-bond acceptors (Lipinski definition) is 13. The summed E-state index contributed by atoms with van der Waals surface area (Å²) in [6, 6.07) is -1.07. The second kappa shape index (κ2) is 17.1. The minimum absolute atomic E-state index is 0.00196. The minimum Gasteiger partial charge on any atom is -0.511 e. The SMILES string of the molecule is COC(=O)N[C@H]1[C@@H](C)O[C@@H](O[C@H]2C/C=C(\C)[C@@H]3C=C[C@@H]4[C@@H](O[Si](C)(C)C(C)(C)C)[C@@H](C)CC(C)[C@H]4[C@]3(C)/C(O)=C3/C(=O)O[C@]4(CC(C=O)=C[C@H](O)[C@H]4/C=C/2C)C3=O)C[C@]1(C)[N+](=O)[O-]. The van der Waals surface area contributed by atoms with Crippen LogP contribution in [0.2, 0.25) is 18.1 Å². The smallest absolute Gasteiger partial charge is 0.407 e. The minimum atomic E-state index is -2.32. The van der Waals surface area contributed by atoms with Gasteiger partial charge in [-0.2, -0.15) is 0 Å². The molecule has 6 rings (SSSR count). The predicted octanol–water partition coefficient (Wildman–Crippen LogP) is 7.24. The van der Waals surface area contributed by atoms with E-state index in [2.05, 4.69) is 65.2 Å². The largest absolute Gasteiger partial charge is 0.511 e. The summed E-state index contributed by atoms with van der Waals surface area (Å²) in [6.07, 6.45) is 4.62. The van der Waals surface area contributed by atoms with E-state index in [4.69, 9.17) is 23.4 Å². The molecule has 0 aromatic carbocycles. The number of ether oxygens (including phenoxy) is 4. The summed E-state index contributed by atoms with van der Waals surface area (Å²) in [4.78, 5) is 66.4. The number of nitrogens with zero attached hydrogens (tertiary/aromatic N) is 1. The molecule has 15 atom stereocenters. The molecule has 348 valence electrons. The summed E-state index contributed by atoms with van der Waals surface area (Å²) in [5.41, 5.74) is -4.19. The van der Waals surface area contributed by atoms with Gasteiger partial charge in [-0.1, -0.05) is 71.4 Å². The second-order valence-electron chi connectivity index (χ2n) is 21.1. The molecule has 0 aromatic heterocycles. The summed E-state index contributed by atoms with van der Waals surface area (Å²) < 4.78 is 31.0. The van der Waals surface area contributed by atoms with Gasteiger partial charge in [-0.3, -0.25) is 19.7 Å². The van der Waals surface area contributed by atoms with Gasteiger partial charge in [-0.05, 0) is 86.7 Å². The van der Waals surface area contributed by atoms with Crippen LogP contribution in [0, 0.1) is 51.0 Å². The molecule has 2 aliphatic heterocycles. The van der Waals surface area contributed by atoms with Gasteiger partial charge in [0, 0.05) is 35.5 Å². The Morgan fingerprint density at radius 1 is 1.08 bits per heavy atom. The highest BCUT2D eigenvalue weighted by atomic mass is 28.4. The van der Waals surface area contributed by atoms with Crippen LogP contribution in [0.3, 0.4) is 0 Å². The van der Waals surface area contributed by atoms with E-state index in [0.29, 0.717) is 11.9 Å². The first kappa shape index (κ1) is 48.5. The molecule has 1 amide bonds. The van der Waals surface area contributed by atoms with E-state index >= 15 is 4.79 Å². The van der Waals surface area contributed by atoms with Gasteiger partial charge >= 0.3 is 12.1 Å². The highest BCUT2D eigenvalue weighted by Crippen LogP contribution is 2.61. The first-order valence-corrected chi connectivity index (χ1v) is 25.2. The van der Waals surface area contributed by atoms with Crippen LogP contribution in [0.1, 0.15) is 94.9 Å². The third-order valence-electron chi connectivity index (χ3n) is 15.9. The number of alkyl carbamates (subject to hydrolysis) is 1. The first-order chi connectivity index (χ1) is 29.2. The van der Waals surface area contributed by atoms with Crippen molar-refractivity contribution in [1.29, 1.82) is 0 Å². The van der Waals surface area contributed by atoms with Crippen LogP contribution in [0.15, 0.2) is 58.4 Å². The Bertz CT molecular complexity index is 2050. The topological polar surface area (TPSA) is 210 Å². The average Bonchev–Trinajstić information content (AvgIpc) is 3.43. The molecule has 3 N–H and O–H groups in total. The number of nitro groups is 1. The highest BCUT2D eigenvalue weighted by molar-refractivity contribution is 6.74. The van der Waals surface area contributed by atoms with E-state index in [1.165, 1.54) is 13.0 Å². The summed E-state index contributed by atoms with van der Waals surface area (Å²) in [7, 11) is -1.15. The molecule has 6 aliphatic rings. The number of rotatable bonds is 7. The van der Waals surface area contributed by atoms with E-state index < -0.39 is 95.7 Å². The Hall–Kier alpha value is -3.96. The lowest BCUT2D eigenvalue weighted by Gasteiger charge is -2.57. The molecule has 15 nitrogen and oxygen atoms in total. The Balaban J connectivity index is 1.52. The van der Waals surface area contributed by atoms with Crippen LogP contribution in [0.4, 0.5) is 4.79 Å². The van der Waals surface area contributed by atoms with Gasteiger partial charge in [0.25, 0.3) is 0 Å². The molecule has 2 bridgehead atoms. The van der Waals surface area contributed by atoms with Gasteiger partial charge in [-0.15, -0.1) is 0 Å². The van der Waals surface area contributed by atoms with Crippen molar-refractivity contribution in [3.05, 3.63) is 68.5 Å². The molecule has 0 radical (unpaired) electrons. The van der Waals surface area contributed by atoms with Crippen molar-refractivity contribution in [3.63, 3.8) is 0 Å². The lowest BCUT2D eigenvalue weighted by molar-refractivity contribution is -0.584. The lowest BCUT2D eigenvalue weighted by Crippen LogP contribution is -2.65.